The Bertz CT molecular complexity index is 391. The minimum Gasteiger partial charge on any atom is -0.496 e. The molecule has 0 radical (unpaired) electrons. The lowest BCUT2D eigenvalue weighted by Crippen LogP contribution is -2.37. The maximum Gasteiger partial charge on any atom is 0.255 e. The van der Waals surface area contributed by atoms with Crippen molar-refractivity contribution in [2.24, 2.45) is 0 Å². The molecular formula is C12H16ClNO3. The van der Waals surface area contributed by atoms with E-state index in [1.54, 1.807) is 18.2 Å². The molecule has 0 bridgehead atoms. The second kappa shape index (κ2) is 6.47. The first-order valence-electron chi connectivity index (χ1n) is 5.37. The molecule has 0 aromatic heterocycles. The summed E-state index contributed by atoms with van der Waals surface area (Å²) in [6.07, 6.45) is 0.658. The number of carbonyl (C=O) groups excluding carboxylic acids is 1. The number of hydrogen-bond acceptors (Lipinski definition) is 3. The lowest BCUT2D eigenvalue weighted by molar-refractivity contribution is 0.0912. The fourth-order valence-electron chi connectivity index (χ4n) is 1.40. The van der Waals surface area contributed by atoms with Crippen LogP contribution in [0.2, 0.25) is 5.02 Å². The van der Waals surface area contributed by atoms with Crippen LogP contribution in [-0.4, -0.2) is 30.8 Å². The Morgan fingerprint density at radius 3 is 2.82 bits per heavy atom. The monoisotopic (exact) mass is 257 g/mol. The van der Waals surface area contributed by atoms with Crippen LogP contribution < -0.4 is 10.1 Å². The van der Waals surface area contributed by atoms with Crippen molar-refractivity contribution in [2.45, 2.75) is 19.4 Å². The van der Waals surface area contributed by atoms with Gasteiger partial charge in [-0.2, -0.15) is 0 Å². The molecule has 1 atom stereocenters. The Labute approximate surface area is 106 Å². The molecule has 0 aliphatic heterocycles. The minimum atomic E-state index is -0.301. The van der Waals surface area contributed by atoms with Crippen molar-refractivity contribution in [2.75, 3.05) is 13.7 Å². The Morgan fingerprint density at radius 2 is 2.29 bits per heavy atom. The highest BCUT2D eigenvalue weighted by Crippen LogP contribution is 2.22. The van der Waals surface area contributed by atoms with Crippen molar-refractivity contribution in [3.63, 3.8) is 0 Å². The van der Waals surface area contributed by atoms with E-state index in [1.807, 2.05) is 6.92 Å². The summed E-state index contributed by atoms with van der Waals surface area (Å²) in [5, 5.41) is 12.2. The zero-order valence-electron chi connectivity index (χ0n) is 9.87. The van der Waals surface area contributed by atoms with Crippen LogP contribution in [0.15, 0.2) is 18.2 Å². The predicted molar refractivity (Wildman–Crippen MR) is 66.6 cm³/mol. The first-order chi connectivity index (χ1) is 8.12. The molecule has 94 valence electrons. The lowest BCUT2D eigenvalue weighted by Gasteiger charge is -2.15. The SMILES string of the molecule is CCC(CO)NC(=O)c1cc(Cl)ccc1OC. The largest absolute Gasteiger partial charge is 0.496 e. The number of aliphatic hydroxyl groups is 1. The van der Waals surface area contributed by atoms with Gasteiger partial charge in [0.1, 0.15) is 5.75 Å². The number of amides is 1. The molecule has 0 fully saturated rings. The van der Waals surface area contributed by atoms with E-state index < -0.39 is 0 Å². The van der Waals surface area contributed by atoms with Gasteiger partial charge in [-0.3, -0.25) is 4.79 Å². The topological polar surface area (TPSA) is 58.6 Å². The van der Waals surface area contributed by atoms with Gasteiger partial charge in [-0.05, 0) is 24.6 Å². The van der Waals surface area contributed by atoms with Crippen molar-refractivity contribution in [3.05, 3.63) is 28.8 Å². The highest BCUT2D eigenvalue weighted by Gasteiger charge is 2.15. The van der Waals surface area contributed by atoms with E-state index in [2.05, 4.69) is 5.32 Å². The summed E-state index contributed by atoms with van der Waals surface area (Å²) in [6, 6.07) is 4.57. The molecular weight excluding hydrogens is 242 g/mol. The van der Waals surface area contributed by atoms with E-state index in [9.17, 15) is 4.79 Å². The number of hydrogen-bond donors (Lipinski definition) is 2. The molecule has 1 aromatic carbocycles. The summed E-state index contributed by atoms with van der Waals surface area (Å²) < 4.78 is 5.09. The number of ether oxygens (including phenoxy) is 1. The van der Waals surface area contributed by atoms with Gasteiger partial charge in [0.2, 0.25) is 0 Å². The summed E-state index contributed by atoms with van der Waals surface area (Å²) in [5.74, 6) is 0.157. The van der Waals surface area contributed by atoms with Crippen molar-refractivity contribution >= 4 is 17.5 Å². The number of nitrogens with one attached hydrogen (secondary N) is 1. The zero-order chi connectivity index (χ0) is 12.8. The molecule has 4 nitrogen and oxygen atoms in total. The Kier molecular flexibility index (Phi) is 5.25. The van der Waals surface area contributed by atoms with Gasteiger partial charge >= 0.3 is 0 Å². The predicted octanol–water partition coefficient (Wildman–Crippen LogP) is 1.85. The fourth-order valence-corrected chi connectivity index (χ4v) is 1.57. The highest BCUT2D eigenvalue weighted by atomic mass is 35.5. The molecule has 0 aliphatic rings. The normalized spacial score (nSPS) is 12.0. The average Bonchev–Trinajstić information content (AvgIpc) is 2.35. The van der Waals surface area contributed by atoms with Gasteiger partial charge in [-0.15, -0.1) is 0 Å². The van der Waals surface area contributed by atoms with E-state index in [4.69, 9.17) is 21.4 Å². The number of benzene rings is 1. The standard InChI is InChI=1S/C12H16ClNO3/c1-3-9(7-15)14-12(16)10-6-8(13)4-5-11(10)17-2/h4-6,9,15H,3,7H2,1-2H3,(H,14,16). The van der Waals surface area contributed by atoms with E-state index in [1.165, 1.54) is 7.11 Å². The van der Waals surface area contributed by atoms with Crippen LogP contribution in [0.25, 0.3) is 0 Å². The quantitative estimate of drug-likeness (QED) is 0.846. The summed E-state index contributed by atoms with van der Waals surface area (Å²) >= 11 is 5.84. The maximum atomic E-state index is 11.9. The van der Waals surface area contributed by atoms with Crippen LogP contribution in [0.5, 0.6) is 5.75 Å². The van der Waals surface area contributed by atoms with Gasteiger partial charge in [0, 0.05) is 5.02 Å². The molecule has 1 aromatic rings. The van der Waals surface area contributed by atoms with Crippen LogP contribution in [0.3, 0.4) is 0 Å². The molecule has 1 rings (SSSR count). The third kappa shape index (κ3) is 3.61. The van der Waals surface area contributed by atoms with E-state index >= 15 is 0 Å². The van der Waals surface area contributed by atoms with Gasteiger partial charge in [0.05, 0.1) is 25.3 Å². The third-order valence-electron chi connectivity index (χ3n) is 2.45. The first kappa shape index (κ1) is 13.8. The minimum absolute atomic E-state index is 0.0921. The van der Waals surface area contributed by atoms with Crippen LogP contribution in [0.4, 0.5) is 0 Å². The molecule has 17 heavy (non-hydrogen) atoms. The van der Waals surface area contributed by atoms with Crippen LogP contribution >= 0.6 is 11.6 Å². The molecule has 0 aliphatic carbocycles. The molecule has 0 heterocycles. The van der Waals surface area contributed by atoms with Crippen molar-refractivity contribution in [3.8, 4) is 5.75 Å². The number of carbonyl (C=O) groups is 1. The highest BCUT2D eigenvalue weighted by molar-refractivity contribution is 6.31. The van der Waals surface area contributed by atoms with Gasteiger partial charge in [0.25, 0.3) is 5.91 Å². The first-order valence-corrected chi connectivity index (χ1v) is 5.75. The molecule has 1 amide bonds. The molecule has 0 spiro atoms. The second-order valence-electron chi connectivity index (χ2n) is 3.61. The van der Waals surface area contributed by atoms with E-state index in [0.29, 0.717) is 22.8 Å². The lowest BCUT2D eigenvalue weighted by atomic mass is 10.1. The fraction of sp³-hybridized carbons (Fsp3) is 0.417. The molecule has 1 unspecified atom stereocenters. The van der Waals surface area contributed by atoms with Gasteiger partial charge in [0.15, 0.2) is 0 Å². The maximum absolute atomic E-state index is 11.9. The molecule has 0 saturated heterocycles. The zero-order valence-corrected chi connectivity index (χ0v) is 10.6. The van der Waals surface area contributed by atoms with Gasteiger partial charge < -0.3 is 15.2 Å². The summed E-state index contributed by atoms with van der Waals surface area (Å²) in [4.78, 5) is 11.9. The Balaban J connectivity index is 2.90. The number of halogens is 1. The van der Waals surface area contributed by atoms with Gasteiger partial charge in [-0.25, -0.2) is 0 Å². The van der Waals surface area contributed by atoms with E-state index in [-0.39, 0.29) is 18.6 Å². The molecule has 0 saturated carbocycles. The Hall–Kier alpha value is -1.26. The molecule has 5 heteroatoms. The second-order valence-corrected chi connectivity index (χ2v) is 4.04. The number of methoxy groups -OCH3 is 1. The smallest absolute Gasteiger partial charge is 0.255 e. The Morgan fingerprint density at radius 1 is 1.59 bits per heavy atom. The average molecular weight is 258 g/mol. The van der Waals surface area contributed by atoms with Crippen molar-refractivity contribution in [1.29, 1.82) is 0 Å². The molecule has 2 N–H and O–H groups in total. The number of aliphatic hydroxyl groups excluding tert-OH is 1. The van der Waals surface area contributed by atoms with Crippen LogP contribution in [0, 0.1) is 0 Å². The van der Waals surface area contributed by atoms with Gasteiger partial charge in [-0.1, -0.05) is 18.5 Å². The number of rotatable bonds is 5. The van der Waals surface area contributed by atoms with Crippen LogP contribution in [0.1, 0.15) is 23.7 Å². The third-order valence-corrected chi connectivity index (χ3v) is 2.69. The van der Waals surface area contributed by atoms with E-state index in [0.717, 1.165) is 0 Å². The van der Waals surface area contributed by atoms with Crippen molar-refractivity contribution < 1.29 is 14.6 Å². The van der Waals surface area contributed by atoms with Crippen molar-refractivity contribution in [1.82, 2.24) is 5.32 Å². The summed E-state index contributed by atoms with van der Waals surface area (Å²) in [7, 11) is 1.49. The van der Waals surface area contributed by atoms with Crippen LogP contribution in [-0.2, 0) is 0 Å². The summed E-state index contributed by atoms with van der Waals surface area (Å²) in [5.41, 5.74) is 0.368. The summed E-state index contributed by atoms with van der Waals surface area (Å²) in [6.45, 7) is 1.79.